The van der Waals surface area contributed by atoms with Crippen LogP contribution < -0.4 is 5.32 Å². The minimum absolute atomic E-state index is 0.335. The van der Waals surface area contributed by atoms with E-state index in [0.29, 0.717) is 10.5 Å². The molecule has 0 radical (unpaired) electrons. The minimum atomic E-state index is -0.335. The molecule has 1 heterocycles. The van der Waals surface area contributed by atoms with Gasteiger partial charge in [0.05, 0.1) is 10.5 Å². The minimum Gasteiger partial charge on any atom is -0.370 e. The molecule has 2 nitrogen and oxygen atoms in total. The van der Waals surface area contributed by atoms with E-state index in [1.54, 1.807) is 0 Å². The third-order valence-corrected chi connectivity index (χ3v) is 2.86. The fraction of sp³-hybridized carbons (Fsp3) is 0.308. The van der Waals surface area contributed by atoms with Crippen molar-refractivity contribution in [2.75, 3.05) is 11.9 Å². The van der Waals surface area contributed by atoms with Gasteiger partial charge in [0.15, 0.2) is 0 Å². The van der Waals surface area contributed by atoms with Crippen molar-refractivity contribution in [2.24, 2.45) is 0 Å². The molecule has 1 aromatic heterocycles. The topological polar surface area (TPSA) is 24.9 Å². The molecule has 0 unspecified atom stereocenters. The second-order valence-corrected chi connectivity index (χ2v) is 4.45. The molecule has 17 heavy (non-hydrogen) atoms. The normalized spacial score (nSPS) is 10.8. The van der Waals surface area contributed by atoms with Crippen molar-refractivity contribution in [3.05, 3.63) is 34.6 Å². The number of hydrogen-bond acceptors (Lipinski definition) is 2. The number of halogens is 2. The van der Waals surface area contributed by atoms with Crippen LogP contribution in [0.2, 0.25) is 5.02 Å². The second-order valence-electron chi connectivity index (χ2n) is 4.04. The van der Waals surface area contributed by atoms with Crippen LogP contribution in [-0.2, 0) is 0 Å². The van der Waals surface area contributed by atoms with Crippen LogP contribution in [0.4, 0.5) is 10.2 Å². The summed E-state index contributed by atoms with van der Waals surface area (Å²) in [5, 5.41) is 4.31. The Bertz CT molecular complexity index is 555. The molecule has 2 rings (SSSR count). The van der Waals surface area contributed by atoms with Crippen LogP contribution in [0.15, 0.2) is 18.2 Å². The average Bonchev–Trinajstić information content (AvgIpc) is 2.26. The molecular weight excluding hydrogens is 239 g/mol. The van der Waals surface area contributed by atoms with Crippen molar-refractivity contribution in [3.8, 4) is 0 Å². The highest BCUT2D eigenvalue weighted by atomic mass is 35.5. The van der Waals surface area contributed by atoms with Crippen LogP contribution in [0.3, 0.4) is 0 Å². The maximum atomic E-state index is 13.2. The Labute approximate surface area is 105 Å². The molecule has 0 atom stereocenters. The van der Waals surface area contributed by atoms with Crippen molar-refractivity contribution in [1.82, 2.24) is 4.98 Å². The van der Waals surface area contributed by atoms with Gasteiger partial charge in [-0.25, -0.2) is 9.37 Å². The molecular formula is C13H14ClFN2. The first kappa shape index (κ1) is 12.1. The van der Waals surface area contributed by atoms with Crippen LogP contribution in [0, 0.1) is 12.7 Å². The summed E-state index contributed by atoms with van der Waals surface area (Å²) in [6, 6.07) is 4.63. The first-order chi connectivity index (χ1) is 8.11. The summed E-state index contributed by atoms with van der Waals surface area (Å²) in [6.45, 7) is 4.90. The molecule has 0 fully saturated rings. The van der Waals surface area contributed by atoms with Gasteiger partial charge in [-0.3, -0.25) is 0 Å². The van der Waals surface area contributed by atoms with Gasteiger partial charge in [0.2, 0.25) is 0 Å². The summed E-state index contributed by atoms with van der Waals surface area (Å²) in [6.07, 6.45) is 1.02. The van der Waals surface area contributed by atoms with Crippen LogP contribution in [0.1, 0.15) is 18.9 Å². The van der Waals surface area contributed by atoms with Gasteiger partial charge in [-0.1, -0.05) is 18.5 Å². The highest BCUT2D eigenvalue weighted by molar-refractivity contribution is 6.35. The number of fused-ring (bicyclic) bond motifs is 1. The number of nitrogens with one attached hydrogen (secondary N) is 1. The standard InChI is InChI=1S/C13H14ClFN2/c1-3-4-16-13-8(2)5-9-6-10(15)7-11(14)12(9)17-13/h5-7H,3-4H2,1-2H3,(H,16,17). The van der Waals surface area contributed by atoms with E-state index in [9.17, 15) is 4.39 Å². The smallest absolute Gasteiger partial charge is 0.129 e. The predicted molar refractivity (Wildman–Crippen MR) is 70.2 cm³/mol. The van der Waals surface area contributed by atoms with E-state index >= 15 is 0 Å². The van der Waals surface area contributed by atoms with Crippen LogP contribution in [0.5, 0.6) is 0 Å². The SMILES string of the molecule is CCCNc1nc2c(Cl)cc(F)cc2cc1C. The fourth-order valence-electron chi connectivity index (χ4n) is 1.74. The molecule has 1 N–H and O–H groups in total. The van der Waals surface area contributed by atoms with Gasteiger partial charge in [-0.2, -0.15) is 0 Å². The number of pyridine rings is 1. The number of nitrogens with zero attached hydrogens (tertiary/aromatic N) is 1. The Morgan fingerprint density at radius 1 is 1.35 bits per heavy atom. The summed E-state index contributed by atoms with van der Waals surface area (Å²) in [5.41, 5.74) is 1.63. The van der Waals surface area contributed by atoms with E-state index in [4.69, 9.17) is 11.6 Å². The fourth-order valence-corrected chi connectivity index (χ4v) is 1.99. The Morgan fingerprint density at radius 2 is 2.12 bits per heavy atom. The lowest BCUT2D eigenvalue weighted by Gasteiger charge is -2.10. The number of hydrogen-bond donors (Lipinski definition) is 1. The molecule has 4 heteroatoms. The lowest BCUT2D eigenvalue weighted by molar-refractivity contribution is 0.629. The summed E-state index contributed by atoms with van der Waals surface area (Å²) < 4.78 is 13.2. The zero-order valence-corrected chi connectivity index (χ0v) is 10.6. The van der Waals surface area contributed by atoms with E-state index in [0.717, 1.165) is 29.7 Å². The Kier molecular flexibility index (Phi) is 3.48. The molecule has 0 saturated carbocycles. The molecule has 0 aliphatic rings. The lowest BCUT2D eigenvalue weighted by atomic mass is 10.1. The van der Waals surface area contributed by atoms with Crippen LogP contribution in [-0.4, -0.2) is 11.5 Å². The third kappa shape index (κ3) is 2.50. The number of aromatic nitrogens is 1. The molecule has 0 aliphatic carbocycles. The Hall–Kier alpha value is -1.35. The summed E-state index contributed by atoms with van der Waals surface area (Å²) >= 11 is 5.99. The highest BCUT2D eigenvalue weighted by Gasteiger charge is 2.07. The van der Waals surface area contributed by atoms with Gasteiger partial charge >= 0.3 is 0 Å². The molecule has 0 amide bonds. The summed E-state index contributed by atoms with van der Waals surface area (Å²) in [4.78, 5) is 4.44. The molecule has 0 spiro atoms. The molecule has 0 saturated heterocycles. The highest BCUT2D eigenvalue weighted by Crippen LogP contribution is 2.26. The van der Waals surface area contributed by atoms with Gasteiger partial charge in [0.1, 0.15) is 11.6 Å². The van der Waals surface area contributed by atoms with E-state index in [-0.39, 0.29) is 5.82 Å². The zero-order valence-electron chi connectivity index (χ0n) is 9.85. The van der Waals surface area contributed by atoms with Crippen molar-refractivity contribution in [3.63, 3.8) is 0 Å². The second kappa shape index (κ2) is 4.88. The monoisotopic (exact) mass is 252 g/mol. The molecule has 90 valence electrons. The Balaban J connectivity index is 2.55. The molecule has 1 aromatic carbocycles. The van der Waals surface area contributed by atoms with Crippen molar-refractivity contribution >= 4 is 28.3 Å². The first-order valence-corrected chi connectivity index (χ1v) is 6.00. The summed E-state index contributed by atoms with van der Waals surface area (Å²) in [5.74, 6) is 0.478. The number of aryl methyl sites for hydroxylation is 1. The maximum absolute atomic E-state index is 13.2. The van der Waals surface area contributed by atoms with Crippen molar-refractivity contribution in [1.29, 1.82) is 0 Å². The maximum Gasteiger partial charge on any atom is 0.129 e. The quantitative estimate of drug-likeness (QED) is 0.887. The average molecular weight is 253 g/mol. The Morgan fingerprint density at radius 3 is 2.82 bits per heavy atom. The largest absolute Gasteiger partial charge is 0.370 e. The molecule has 0 bridgehead atoms. The molecule has 0 aliphatic heterocycles. The predicted octanol–water partition coefficient (Wildman–Crippen LogP) is 4.16. The van der Waals surface area contributed by atoms with Gasteiger partial charge in [0.25, 0.3) is 0 Å². The van der Waals surface area contributed by atoms with E-state index < -0.39 is 0 Å². The van der Waals surface area contributed by atoms with Crippen molar-refractivity contribution < 1.29 is 4.39 Å². The van der Waals surface area contributed by atoms with Gasteiger partial charge in [-0.15, -0.1) is 0 Å². The van der Waals surface area contributed by atoms with E-state index in [2.05, 4.69) is 17.2 Å². The van der Waals surface area contributed by atoms with Gasteiger partial charge in [0, 0.05) is 11.9 Å². The van der Waals surface area contributed by atoms with Crippen LogP contribution >= 0.6 is 11.6 Å². The van der Waals surface area contributed by atoms with Crippen molar-refractivity contribution in [2.45, 2.75) is 20.3 Å². The number of rotatable bonds is 3. The summed E-state index contributed by atoms with van der Waals surface area (Å²) in [7, 11) is 0. The zero-order chi connectivity index (χ0) is 12.4. The van der Waals surface area contributed by atoms with Crippen LogP contribution in [0.25, 0.3) is 10.9 Å². The van der Waals surface area contributed by atoms with E-state index in [1.165, 1.54) is 12.1 Å². The number of anilines is 1. The lowest BCUT2D eigenvalue weighted by Crippen LogP contribution is -2.04. The number of benzene rings is 1. The first-order valence-electron chi connectivity index (χ1n) is 5.62. The van der Waals surface area contributed by atoms with Gasteiger partial charge < -0.3 is 5.32 Å². The third-order valence-electron chi connectivity index (χ3n) is 2.57. The molecule has 2 aromatic rings. The van der Waals surface area contributed by atoms with E-state index in [1.807, 2.05) is 13.0 Å². The van der Waals surface area contributed by atoms with Gasteiger partial charge in [-0.05, 0) is 37.1 Å².